The van der Waals surface area contributed by atoms with Crippen LogP contribution in [-0.2, 0) is 0 Å². The number of ether oxygens (including phenoxy) is 2. The zero-order chi connectivity index (χ0) is 20.7. The Labute approximate surface area is 178 Å². The van der Waals surface area contributed by atoms with Gasteiger partial charge in [-0.3, -0.25) is 0 Å². The monoisotopic (exact) mass is 424 g/mol. The van der Waals surface area contributed by atoms with E-state index in [2.05, 4.69) is 16.4 Å². The van der Waals surface area contributed by atoms with Gasteiger partial charge in [-0.05, 0) is 55.3 Å². The van der Waals surface area contributed by atoms with E-state index >= 15 is 0 Å². The summed E-state index contributed by atoms with van der Waals surface area (Å²) >= 11 is 1.68. The molecule has 1 aliphatic rings. The lowest BCUT2D eigenvalue weighted by Crippen LogP contribution is -2.28. The first-order valence-electron chi connectivity index (χ1n) is 10.1. The fourth-order valence-electron chi connectivity index (χ4n) is 4.04. The van der Waals surface area contributed by atoms with Gasteiger partial charge >= 0.3 is 0 Å². The van der Waals surface area contributed by atoms with Crippen molar-refractivity contribution in [1.29, 1.82) is 0 Å². The molecule has 3 heterocycles. The van der Waals surface area contributed by atoms with E-state index in [9.17, 15) is 5.11 Å². The maximum Gasteiger partial charge on any atom is 0.162 e. The van der Waals surface area contributed by atoms with Crippen molar-refractivity contribution in [3.63, 3.8) is 0 Å². The van der Waals surface area contributed by atoms with E-state index in [-0.39, 0.29) is 6.10 Å². The summed E-state index contributed by atoms with van der Waals surface area (Å²) in [4.78, 5) is 5.61. The summed E-state index contributed by atoms with van der Waals surface area (Å²) in [6, 6.07) is 10.4. The number of anilines is 1. The number of benzene rings is 1. The molecule has 0 saturated heterocycles. The van der Waals surface area contributed by atoms with Crippen LogP contribution in [0.4, 0.5) is 5.82 Å². The summed E-state index contributed by atoms with van der Waals surface area (Å²) in [5.41, 5.74) is 1.76. The van der Waals surface area contributed by atoms with Gasteiger partial charge in [0.1, 0.15) is 11.5 Å². The van der Waals surface area contributed by atoms with E-state index < -0.39 is 0 Å². The van der Waals surface area contributed by atoms with Gasteiger partial charge in [-0.25, -0.2) is 9.50 Å². The van der Waals surface area contributed by atoms with Crippen molar-refractivity contribution in [3.8, 4) is 22.1 Å². The summed E-state index contributed by atoms with van der Waals surface area (Å²) in [5.74, 6) is 2.26. The molecule has 0 radical (unpaired) electrons. The zero-order valence-corrected chi connectivity index (χ0v) is 17.8. The molecule has 3 aromatic heterocycles. The number of imidazole rings is 1. The number of thiophene rings is 1. The van der Waals surface area contributed by atoms with Gasteiger partial charge in [0.05, 0.1) is 31.4 Å². The van der Waals surface area contributed by atoms with Crippen LogP contribution in [0.5, 0.6) is 11.5 Å². The summed E-state index contributed by atoms with van der Waals surface area (Å²) in [7, 11) is 3.29. The SMILES string of the molecule is COc1cc2cc(-c3cnc4ccc(N[C@H]5CC[C@H](O)CC5)nn34)sc2cc1OC. The predicted octanol–water partition coefficient (Wildman–Crippen LogP) is 4.34. The van der Waals surface area contributed by atoms with Crippen LogP contribution in [0.1, 0.15) is 25.7 Å². The van der Waals surface area contributed by atoms with Crippen molar-refractivity contribution in [1.82, 2.24) is 14.6 Å². The van der Waals surface area contributed by atoms with Gasteiger partial charge in [-0.2, -0.15) is 0 Å². The molecule has 0 atom stereocenters. The fourth-order valence-corrected chi connectivity index (χ4v) is 5.11. The van der Waals surface area contributed by atoms with Crippen molar-refractivity contribution in [3.05, 3.63) is 36.5 Å². The number of aromatic nitrogens is 3. The van der Waals surface area contributed by atoms with Crippen molar-refractivity contribution >= 4 is 32.9 Å². The van der Waals surface area contributed by atoms with E-state index in [1.165, 1.54) is 0 Å². The highest BCUT2D eigenvalue weighted by atomic mass is 32.1. The quantitative estimate of drug-likeness (QED) is 0.496. The molecule has 4 aromatic rings. The summed E-state index contributed by atoms with van der Waals surface area (Å²) in [6.07, 6.45) is 5.29. The number of rotatable bonds is 5. The van der Waals surface area contributed by atoms with Crippen LogP contribution in [0, 0.1) is 0 Å². The van der Waals surface area contributed by atoms with Gasteiger partial charge in [0.15, 0.2) is 17.1 Å². The Morgan fingerprint density at radius 3 is 2.60 bits per heavy atom. The molecule has 0 amide bonds. The highest BCUT2D eigenvalue weighted by Crippen LogP contribution is 2.39. The van der Waals surface area contributed by atoms with Gasteiger partial charge in [0.2, 0.25) is 0 Å². The van der Waals surface area contributed by atoms with Crippen LogP contribution in [0.25, 0.3) is 26.3 Å². The maximum atomic E-state index is 9.72. The average Bonchev–Trinajstić information content (AvgIpc) is 3.37. The van der Waals surface area contributed by atoms with Gasteiger partial charge in [0, 0.05) is 16.8 Å². The molecule has 0 spiro atoms. The Morgan fingerprint density at radius 2 is 1.83 bits per heavy atom. The molecule has 0 bridgehead atoms. The van der Waals surface area contributed by atoms with E-state index in [0.717, 1.165) is 69.3 Å². The molecular formula is C22H24N4O3S. The van der Waals surface area contributed by atoms with E-state index in [4.69, 9.17) is 14.6 Å². The summed E-state index contributed by atoms with van der Waals surface area (Å²) in [6.45, 7) is 0. The highest BCUT2D eigenvalue weighted by molar-refractivity contribution is 7.22. The van der Waals surface area contributed by atoms with Crippen molar-refractivity contribution in [2.45, 2.75) is 37.8 Å². The second-order valence-corrected chi connectivity index (χ2v) is 8.72. The van der Waals surface area contributed by atoms with E-state index in [1.807, 2.05) is 35.0 Å². The van der Waals surface area contributed by atoms with Crippen molar-refractivity contribution < 1.29 is 14.6 Å². The van der Waals surface area contributed by atoms with Crippen LogP contribution in [-0.4, -0.2) is 46.1 Å². The van der Waals surface area contributed by atoms with Crippen LogP contribution < -0.4 is 14.8 Å². The highest BCUT2D eigenvalue weighted by Gasteiger charge is 2.20. The van der Waals surface area contributed by atoms with Gasteiger partial charge in [-0.1, -0.05) is 0 Å². The topological polar surface area (TPSA) is 80.9 Å². The minimum Gasteiger partial charge on any atom is -0.493 e. The summed E-state index contributed by atoms with van der Waals surface area (Å²) in [5, 5.41) is 19.1. The van der Waals surface area contributed by atoms with Gasteiger partial charge < -0.3 is 19.9 Å². The molecule has 2 N–H and O–H groups in total. The maximum absolute atomic E-state index is 9.72. The minimum atomic E-state index is -0.163. The lowest BCUT2D eigenvalue weighted by Gasteiger charge is -2.26. The van der Waals surface area contributed by atoms with Crippen LogP contribution in [0.15, 0.2) is 36.5 Å². The van der Waals surface area contributed by atoms with Gasteiger partial charge in [0.25, 0.3) is 0 Å². The molecule has 0 aliphatic heterocycles. The number of methoxy groups -OCH3 is 2. The number of aliphatic hydroxyl groups excluding tert-OH is 1. The molecule has 1 aromatic carbocycles. The van der Waals surface area contributed by atoms with Crippen LogP contribution in [0.3, 0.4) is 0 Å². The first-order valence-corrected chi connectivity index (χ1v) is 10.9. The van der Waals surface area contributed by atoms with Gasteiger partial charge in [-0.15, -0.1) is 16.4 Å². The van der Waals surface area contributed by atoms with Crippen LogP contribution in [0.2, 0.25) is 0 Å². The average molecular weight is 425 g/mol. The number of hydrogen-bond acceptors (Lipinski definition) is 7. The molecule has 5 rings (SSSR count). The number of fused-ring (bicyclic) bond motifs is 2. The third kappa shape index (κ3) is 3.46. The second-order valence-electron chi connectivity index (χ2n) is 7.64. The fraction of sp³-hybridized carbons (Fsp3) is 0.364. The van der Waals surface area contributed by atoms with E-state index in [1.54, 1.807) is 25.6 Å². The Bertz CT molecular complexity index is 1150. The molecule has 1 saturated carbocycles. The Kier molecular flexibility index (Phi) is 4.96. The first kappa shape index (κ1) is 19.1. The lowest BCUT2D eigenvalue weighted by atomic mass is 9.93. The summed E-state index contributed by atoms with van der Waals surface area (Å²) < 4.78 is 13.9. The zero-order valence-electron chi connectivity index (χ0n) is 17.0. The Balaban J connectivity index is 1.49. The predicted molar refractivity (Wildman–Crippen MR) is 119 cm³/mol. The molecule has 7 nitrogen and oxygen atoms in total. The molecule has 1 fully saturated rings. The largest absolute Gasteiger partial charge is 0.493 e. The molecular weight excluding hydrogens is 400 g/mol. The first-order chi connectivity index (χ1) is 14.6. The number of aliphatic hydroxyl groups is 1. The number of hydrogen-bond donors (Lipinski definition) is 2. The molecule has 8 heteroatoms. The molecule has 30 heavy (non-hydrogen) atoms. The smallest absolute Gasteiger partial charge is 0.162 e. The second kappa shape index (κ2) is 7.77. The molecule has 1 aliphatic carbocycles. The normalized spacial score (nSPS) is 19.3. The molecule has 156 valence electrons. The Hall–Kier alpha value is -2.84. The van der Waals surface area contributed by atoms with Crippen molar-refractivity contribution in [2.24, 2.45) is 0 Å². The van der Waals surface area contributed by atoms with Crippen molar-refractivity contribution in [2.75, 3.05) is 19.5 Å². The lowest BCUT2D eigenvalue weighted by molar-refractivity contribution is 0.126. The third-order valence-electron chi connectivity index (χ3n) is 5.69. The van der Waals surface area contributed by atoms with Crippen LogP contribution >= 0.6 is 11.3 Å². The molecule has 0 unspecified atom stereocenters. The minimum absolute atomic E-state index is 0.163. The number of nitrogens with zero attached hydrogens (tertiary/aromatic N) is 3. The Morgan fingerprint density at radius 1 is 1.07 bits per heavy atom. The number of nitrogens with one attached hydrogen (secondary N) is 1. The standard InChI is InChI=1S/C22H24N4O3S/c1-28-17-9-13-10-20(30-19(13)11-18(17)29-2)16-12-23-22-8-7-21(25-26(16)22)24-14-3-5-15(27)6-4-14/h7-12,14-15,27H,3-6H2,1-2H3,(H,24,25)/t14-,15-. The van der Waals surface area contributed by atoms with E-state index in [0.29, 0.717) is 6.04 Å². The third-order valence-corrected chi connectivity index (χ3v) is 6.81.